The first kappa shape index (κ1) is 21.3. The van der Waals surface area contributed by atoms with Crippen molar-refractivity contribution in [3.05, 3.63) is 48.0 Å². The van der Waals surface area contributed by atoms with E-state index < -0.39 is 32.6 Å². The number of hydrogen-bond acceptors (Lipinski definition) is 5. The summed E-state index contributed by atoms with van der Waals surface area (Å²) >= 11 is 1.46. The van der Waals surface area contributed by atoms with Crippen LogP contribution in [0.15, 0.2) is 46.2 Å². The molecule has 1 heterocycles. The van der Waals surface area contributed by atoms with Crippen LogP contribution in [0.2, 0.25) is 0 Å². The van der Waals surface area contributed by atoms with Gasteiger partial charge in [0.2, 0.25) is 11.8 Å². The van der Waals surface area contributed by atoms with E-state index in [0.29, 0.717) is 17.9 Å². The molecular formula is C19H18F2N2O4S2. The molecule has 2 N–H and O–H groups in total. The molecule has 10 heteroatoms. The quantitative estimate of drug-likeness (QED) is 0.741. The van der Waals surface area contributed by atoms with Gasteiger partial charge in [-0.2, -0.15) is 0 Å². The Morgan fingerprint density at radius 1 is 1.21 bits per heavy atom. The molecule has 0 saturated carbocycles. The van der Waals surface area contributed by atoms with E-state index >= 15 is 0 Å². The average molecular weight is 440 g/mol. The van der Waals surface area contributed by atoms with Gasteiger partial charge in [-0.3, -0.25) is 9.59 Å². The van der Waals surface area contributed by atoms with Gasteiger partial charge in [0.1, 0.15) is 0 Å². The van der Waals surface area contributed by atoms with Crippen LogP contribution in [0.25, 0.3) is 0 Å². The predicted molar refractivity (Wildman–Crippen MR) is 107 cm³/mol. The zero-order chi connectivity index (χ0) is 21.2. The molecule has 1 aliphatic heterocycles. The van der Waals surface area contributed by atoms with Gasteiger partial charge in [0, 0.05) is 35.2 Å². The van der Waals surface area contributed by atoms with Crippen LogP contribution in [-0.2, 0) is 19.4 Å². The Morgan fingerprint density at radius 3 is 2.69 bits per heavy atom. The summed E-state index contributed by atoms with van der Waals surface area (Å²) < 4.78 is 51.9. The summed E-state index contributed by atoms with van der Waals surface area (Å²) in [6.45, 7) is 1.39. The maximum Gasteiger partial charge on any atom is 0.225 e. The SMILES string of the molecule is CC(CC(=O)Nc1ccc(F)c(F)c1)S(=O)(=O)c1ccc2c(c1)NC(=O)CCS2. The first-order valence-electron chi connectivity index (χ1n) is 8.72. The lowest BCUT2D eigenvalue weighted by Gasteiger charge is -2.15. The summed E-state index contributed by atoms with van der Waals surface area (Å²) in [5.41, 5.74) is 0.459. The molecule has 6 nitrogen and oxygen atoms in total. The number of sulfone groups is 1. The number of thioether (sulfide) groups is 1. The van der Waals surface area contributed by atoms with Crippen LogP contribution in [0.4, 0.5) is 20.2 Å². The van der Waals surface area contributed by atoms with E-state index in [1.54, 1.807) is 6.07 Å². The number of amides is 2. The Hall–Kier alpha value is -2.46. The lowest BCUT2D eigenvalue weighted by atomic mass is 10.2. The normalized spacial score (nSPS) is 15.1. The highest BCUT2D eigenvalue weighted by Crippen LogP contribution is 2.33. The molecule has 2 aromatic rings. The van der Waals surface area contributed by atoms with E-state index in [1.165, 1.54) is 36.9 Å². The Morgan fingerprint density at radius 2 is 1.97 bits per heavy atom. The maximum absolute atomic E-state index is 13.2. The number of nitrogens with one attached hydrogen (secondary N) is 2. The highest BCUT2D eigenvalue weighted by molar-refractivity contribution is 7.99. The Balaban J connectivity index is 1.74. The van der Waals surface area contributed by atoms with E-state index in [4.69, 9.17) is 0 Å². The van der Waals surface area contributed by atoms with Gasteiger partial charge in [0.15, 0.2) is 21.5 Å². The van der Waals surface area contributed by atoms with Crippen molar-refractivity contribution in [2.45, 2.75) is 34.8 Å². The van der Waals surface area contributed by atoms with Crippen molar-refractivity contribution < 1.29 is 26.8 Å². The minimum absolute atomic E-state index is 0.00724. The number of halogens is 2. The van der Waals surface area contributed by atoms with Crippen molar-refractivity contribution in [1.29, 1.82) is 0 Å². The van der Waals surface area contributed by atoms with Crippen LogP contribution in [0.1, 0.15) is 19.8 Å². The van der Waals surface area contributed by atoms with Crippen molar-refractivity contribution in [3.63, 3.8) is 0 Å². The topological polar surface area (TPSA) is 92.3 Å². The summed E-state index contributed by atoms with van der Waals surface area (Å²) in [4.78, 5) is 24.7. The molecular weight excluding hydrogens is 422 g/mol. The van der Waals surface area contributed by atoms with Crippen LogP contribution >= 0.6 is 11.8 Å². The molecule has 3 rings (SSSR count). The number of rotatable bonds is 5. The Bertz CT molecular complexity index is 1070. The third-order valence-corrected chi connectivity index (χ3v) is 7.56. The molecule has 0 aromatic heterocycles. The molecule has 0 radical (unpaired) electrons. The summed E-state index contributed by atoms with van der Waals surface area (Å²) in [5, 5.41) is 3.98. The average Bonchev–Trinajstić information content (AvgIpc) is 2.84. The molecule has 154 valence electrons. The van der Waals surface area contributed by atoms with Crippen LogP contribution in [0, 0.1) is 11.6 Å². The third kappa shape index (κ3) is 4.94. The lowest BCUT2D eigenvalue weighted by Crippen LogP contribution is -2.25. The van der Waals surface area contributed by atoms with Gasteiger partial charge in [-0.05, 0) is 37.3 Å². The van der Waals surface area contributed by atoms with Gasteiger partial charge in [0.25, 0.3) is 0 Å². The summed E-state index contributed by atoms with van der Waals surface area (Å²) in [5.74, 6) is -2.40. The standard InChI is InChI=1S/C19H18F2N2O4S2/c1-11(8-19(25)22-12-2-4-14(20)15(21)9-12)29(26,27)13-3-5-17-16(10-13)23-18(24)6-7-28-17/h2-5,9-11H,6-8H2,1H3,(H,22,25)(H,23,24). The second kappa shape index (κ2) is 8.50. The minimum Gasteiger partial charge on any atom is -0.326 e. The zero-order valence-electron chi connectivity index (χ0n) is 15.4. The number of carbonyl (C=O) groups excluding carboxylic acids is 2. The van der Waals surface area contributed by atoms with Gasteiger partial charge in [0.05, 0.1) is 15.8 Å². The number of anilines is 2. The smallest absolute Gasteiger partial charge is 0.225 e. The van der Waals surface area contributed by atoms with Gasteiger partial charge >= 0.3 is 0 Å². The predicted octanol–water partition coefficient (Wildman–Crippen LogP) is 3.59. The van der Waals surface area contributed by atoms with Crippen LogP contribution in [0.3, 0.4) is 0 Å². The summed E-state index contributed by atoms with van der Waals surface area (Å²) in [6.07, 6.45) is -0.0402. The largest absolute Gasteiger partial charge is 0.326 e. The van der Waals surface area contributed by atoms with Gasteiger partial charge in [-0.15, -0.1) is 11.8 Å². The van der Waals surface area contributed by atoms with E-state index in [1.807, 2.05) is 0 Å². The Kier molecular flexibility index (Phi) is 6.23. The third-order valence-electron chi connectivity index (χ3n) is 4.35. The monoisotopic (exact) mass is 440 g/mol. The number of benzene rings is 2. The molecule has 0 saturated heterocycles. The summed E-state index contributed by atoms with van der Waals surface area (Å²) in [7, 11) is -3.86. The molecule has 2 aromatic carbocycles. The Labute approximate surface area is 171 Å². The van der Waals surface area contributed by atoms with Crippen molar-refractivity contribution >= 4 is 44.8 Å². The molecule has 0 fully saturated rings. The first-order valence-corrected chi connectivity index (χ1v) is 11.3. The van der Waals surface area contributed by atoms with E-state index in [2.05, 4.69) is 10.6 Å². The molecule has 29 heavy (non-hydrogen) atoms. The second-order valence-corrected chi connectivity index (χ2v) is 10.0. The molecule has 1 atom stereocenters. The molecule has 0 spiro atoms. The van der Waals surface area contributed by atoms with Crippen molar-refractivity contribution in [3.8, 4) is 0 Å². The minimum atomic E-state index is -3.86. The van der Waals surface area contributed by atoms with E-state index in [0.717, 1.165) is 17.0 Å². The van der Waals surface area contributed by atoms with Crippen molar-refractivity contribution in [2.75, 3.05) is 16.4 Å². The van der Waals surface area contributed by atoms with Crippen LogP contribution in [-0.4, -0.2) is 31.2 Å². The van der Waals surface area contributed by atoms with Crippen LogP contribution in [0.5, 0.6) is 0 Å². The number of hydrogen-bond donors (Lipinski definition) is 2. The number of carbonyl (C=O) groups is 2. The van der Waals surface area contributed by atoms with E-state index in [-0.39, 0.29) is 22.9 Å². The fourth-order valence-electron chi connectivity index (χ4n) is 2.77. The fraction of sp³-hybridized carbons (Fsp3) is 0.263. The highest BCUT2D eigenvalue weighted by atomic mass is 32.2. The lowest BCUT2D eigenvalue weighted by molar-refractivity contribution is -0.116. The van der Waals surface area contributed by atoms with Crippen LogP contribution < -0.4 is 10.6 Å². The highest BCUT2D eigenvalue weighted by Gasteiger charge is 2.27. The van der Waals surface area contributed by atoms with Crippen molar-refractivity contribution in [2.24, 2.45) is 0 Å². The fourth-order valence-corrected chi connectivity index (χ4v) is 5.08. The molecule has 2 amide bonds. The molecule has 1 unspecified atom stereocenters. The first-order chi connectivity index (χ1) is 13.7. The summed E-state index contributed by atoms with van der Waals surface area (Å²) in [6, 6.07) is 7.34. The van der Waals surface area contributed by atoms with E-state index in [9.17, 15) is 26.8 Å². The second-order valence-electron chi connectivity index (χ2n) is 6.54. The molecule has 0 bridgehead atoms. The van der Waals surface area contributed by atoms with Gasteiger partial charge in [-0.1, -0.05) is 0 Å². The zero-order valence-corrected chi connectivity index (χ0v) is 17.0. The maximum atomic E-state index is 13.2. The number of fused-ring (bicyclic) bond motifs is 1. The van der Waals surface area contributed by atoms with Gasteiger partial charge in [-0.25, -0.2) is 17.2 Å². The molecule has 0 aliphatic carbocycles. The molecule has 1 aliphatic rings. The van der Waals surface area contributed by atoms with Gasteiger partial charge < -0.3 is 10.6 Å². The van der Waals surface area contributed by atoms with Crippen molar-refractivity contribution in [1.82, 2.24) is 0 Å².